The van der Waals surface area contributed by atoms with Crippen LogP contribution in [0.15, 0.2) is 36.8 Å². The van der Waals surface area contributed by atoms with Crippen LogP contribution in [0.1, 0.15) is 0 Å². The standard InChI is InChI=1S/C10H12FN3O2/c1-3-4-8(7(2)11)13-5-6-14(9(12)15)10(13)16/h3-4H,1-2,5-6H2,(H2,12,15)/b8-4+. The Balaban J connectivity index is 2.95. The molecule has 0 radical (unpaired) electrons. The molecular weight excluding hydrogens is 213 g/mol. The van der Waals surface area contributed by atoms with E-state index in [-0.39, 0.29) is 18.8 Å². The van der Waals surface area contributed by atoms with E-state index in [4.69, 9.17) is 5.73 Å². The molecule has 4 amide bonds. The van der Waals surface area contributed by atoms with Crippen molar-refractivity contribution in [3.05, 3.63) is 36.8 Å². The third kappa shape index (κ3) is 2.10. The zero-order valence-corrected chi connectivity index (χ0v) is 8.65. The van der Waals surface area contributed by atoms with Crippen LogP contribution in [0.2, 0.25) is 0 Å². The lowest BCUT2D eigenvalue weighted by atomic mass is 10.3. The average Bonchev–Trinajstić information content (AvgIpc) is 2.56. The van der Waals surface area contributed by atoms with E-state index in [0.717, 1.165) is 9.80 Å². The van der Waals surface area contributed by atoms with Gasteiger partial charge in [0.15, 0.2) is 0 Å². The molecule has 1 fully saturated rings. The van der Waals surface area contributed by atoms with E-state index < -0.39 is 17.9 Å². The molecule has 1 rings (SSSR count). The lowest BCUT2D eigenvalue weighted by molar-refractivity contribution is 0.194. The van der Waals surface area contributed by atoms with Gasteiger partial charge in [0.1, 0.15) is 5.83 Å². The quantitative estimate of drug-likeness (QED) is 0.737. The van der Waals surface area contributed by atoms with Crippen LogP contribution >= 0.6 is 0 Å². The Morgan fingerprint density at radius 2 is 2.00 bits per heavy atom. The Kier molecular flexibility index (Phi) is 3.44. The number of amides is 4. The van der Waals surface area contributed by atoms with Crippen LogP contribution in [-0.2, 0) is 0 Å². The number of hydrogen-bond donors (Lipinski definition) is 1. The van der Waals surface area contributed by atoms with Gasteiger partial charge in [0.25, 0.3) is 0 Å². The number of hydrogen-bond acceptors (Lipinski definition) is 2. The summed E-state index contributed by atoms with van der Waals surface area (Å²) < 4.78 is 13.1. The van der Waals surface area contributed by atoms with Crippen molar-refractivity contribution in [1.29, 1.82) is 0 Å². The van der Waals surface area contributed by atoms with Crippen molar-refractivity contribution >= 4 is 12.1 Å². The molecule has 0 atom stereocenters. The molecule has 5 nitrogen and oxygen atoms in total. The summed E-state index contributed by atoms with van der Waals surface area (Å²) in [6.45, 7) is 6.84. The van der Waals surface area contributed by atoms with Crippen LogP contribution in [0.3, 0.4) is 0 Å². The molecule has 0 aliphatic carbocycles. The number of nitrogens with two attached hydrogens (primary N) is 1. The maximum Gasteiger partial charge on any atom is 0.332 e. The van der Waals surface area contributed by atoms with Gasteiger partial charge in [-0.25, -0.2) is 18.9 Å². The fourth-order valence-electron chi connectivity index (χ4n) is 1.40. The van der Waals surface area contributed by atoms with E-state index in [1.165, 1.54) is 12.2 Å². The van der Waals surface area contributed by atoms with Gasteiger partial charge in [-0.05, 0) is 6.08 Å². The second-order valence-electron chi connectivity index (χ2n) is 3.12. The summed E-state index contributed by atoms with van der Waals surface area (Å²) in [5, 5.41) is 0. The first-order valence-corrected chi connectivity index (χ1v) is 4.55. The first-order chi connectivity index (χ1) is 7.49. The molecule has 2 N–H and O–H groups in total. The summed E-state index contributed by atoms with van der Waals surface area (Å²) in [6, 6.07) is -1.51. The molecule has 86 valence electrons. The van der Waals surface area contributed by atoms with Crippen LogP contribution in [0.25, 0.3) is 0 Å². The van der Waals surface area contributed by atoms with Gasteiger partial charge in [-0.15, -0.1) is 0 Å². The molecule has 0 aromatic heterocycles. The number of halogens is 1. The highest BCUT2D eigenvalue weighted by Gasteiger charge is 2.34. The van der Waals surface area contributed by atoms with Crippen molar-refractivity contribution in [2.24, 2.45) is 5.73 Å². The number of nitrogens with zero attached hydrogens (tertiary/aromatic N) is 2. The van der Waals surface area contributed by atoms with Gasteiger partial charge in [0.05, 0.1) is 12.2 Å². The summed E-state index contributed by atoms with van der Waals surface area (Å²) in [5.74, 6) is -0.764. The predicted octanol–water partition coefficient (Wildman–Crippen LogP) is 1.36. The van der Waals surface area contributed by atoms with Crippen molar-refractivity contribution in [1.82, 2.24) is 9.80 Å². The van der Waals surface area contributed by atoms with E-state index in [9.17, 15) is 14.0 Å². The summed E-state index contributed by atoms with van der Waals surface area (Å²) in [6.07, 6.45) is 2.64. The molecule has 16 heavy (non-hydrogen) atoms. The fraction of sp³-hybridized carbons (Fsp3) is 0.200. The number of primary amides is 1. The molecule has 1 aliphatic heterocycles. The van der Waals surface area contributed by atoms with E-state index in [2.05, 4.69) is 13.2 Å². The van der Waals surface area contributed by atoms with Crippen LogP contribution < -0.4 is 5.73 Å². The first-order valence-electron chi connectivity index (χ1n) is 4.55. The van der Waals surface area contributed by atoms with Gasteiger partial charge in [-0.3, -0.25) is 4.90 Å². The molecule has 1 saturated heterocycles. The highest BCUT2D eigenvalue weighted by molar-refractivity contribution is 5.95. The number of carbonyl (C=O) groups excluding carboxylic acids is 2. The predicted molar refractivity (Wildman–Crippen MR) is 56.9 cm³/mol. The molecule has 0 aromatic rings. The number of rotatable bonds is 3. The molecular formula is C10H12FN3O2. The molecule has 0 spiro atoms. The van der Waals surface area contributed by atoms with Crippen LogP contribution in [0.5, 0.6) is 0 Å². The Morgan fingerprint density at radius 1 is 1.44 bits per heavy atom. The first kappa shape index (κ1) is 12.0. The number of urea groups is 2. The van der Waals surface area contributed by atoms with Gasteiger partial charge in [-0.1, -0.05) is 19.2 Å². The molecule has 1 aliphatic rings. The van der Waals surface area contributed by atoms with E-state index in [1.807, 2.05) is 0 Å². The molecule has 6 heteroatoms. The second kappa shape index (κ2) is 4.61. The SMILES string of the molecule is C=C/C=C(\C(=C)F)N1CCN(C(N)=O)C1=O. The molecule has 0 aromatic carbocycles. The molecule has 0 bridgehead atoms. The monoisotopic (exact) mass is 225 g/mol. The minimum Gasteiger partial charge on any atom is -0.351 e. The van der Waals surface area contributed by atoms with Crippen molar-refractivity contribution in [2.45, 2.75) is 0 Å². The fourth-order valence-corrected chi connectivity index (χ4v) is 1.40. The van der Waals surface area contributed by atoms with Crippen molar-refractivity contribution in [3.8, 4) is 0 Å². The maximum atomic E-state index is 13.1. The van der Waals surface area contributed by atoms with Crippen LogP contribution in [0.4, 0.5) is 14.0 Å². The second-order valence-corrected chi connectivity index (χ2v) is 3.12. The van der Waals surface area contributed by atoms with E-state index in [0.29, 0.717) is 0 Å². The number of carbonyl (C=O) groups is 2. The zero-order chi connectivity index (χ0) is 12.3. The average molecular weight is 225 g/mol. The molecule has 0 unspecified atom stereocenters. The highest BCUT2D eigenvalue weighted by Crippen LogP contribution is 2.21. The van der Waals surface area contributed by atoms with Gasteiger partial charge in [0.2, 0.25) is 0 Å². The summed E-state index contributed by atoms with van der Waals surface area (Å²) in [4.78, 5) is 24.4. The lowest BCUT2D eigenvalue weighted by Gasteiger charge is -2.17. The largest absolute Gasteiger partial charge is 0.351 e. The van der Waals surface area contributed by atoms with E-state index in [1.54, 1.807) is 0 Å². The smallest absolute Gasteiger partial charge is 0.332 e. The third-order valence-corrected chi connectivity index (χ3v) is 2.12. The Morgan fingerprint density at radius 3 is 2.38 bits per heavy atom. The van der Waals surface area contributed by atoms with Gasteiger partial charge in [-0.2, -0.15) is 0 Å². The minimum atomic E-state index is -0.852. The Labute approximate surface area is 92.3 Å². The molecule has 0 saturated carbocycles. The Hall–Kier alpha value is -2.11. The van der Waals surface area contributed by atoms with Gasteiger partial charge < -0.3 is 5.73 Å². The van der Waals surface area contributed by atoms with Gasteiger partial charge in [0, 0.05) is 6.54 Å². The van der Waals surface area contributed by atoms with Crippen molar-refractivity contribution in [2.75, 3.05) is 13.1 Å². The topological polar surface area (TPSA) is 66.6 Å². The molecule has 1 heterocycles. The highest BCUT2D eigenvalue weighted by atomic mass is 19.1. The number of imide groups is 1. The van der Waals surface area contributed by atoms with Crippen LogP contribution in [-0.4, -0.2) is 35.0 Å². The lowest BCUT2D eigenvalue weighted by Crippen LogP contribution is -2.39. The van der Waals surface area contributed by atoms with E-state index >= 15 is 0 Å². The normalized spacial score (nSPS) is 16.6. The number of allylic oxidation sites excluding steroid dienone is 3. The minimum absolute atomic E-state index is 0.0104. The summed E-state index contributed by atoms with van der Waals surface area (Å²) >= 11 is 0. The summed E-state index contributed by atoms with van der Waals surface area (Å²) in [7, 11) is 0. The van der Waals surface area contributed by atoms with Crippen molar-refractivity contribution in [3.63, 3.8) is 0 Å². The third-order valence-electron chi connectivity index (χ3n) is 2.12. The Bertz CT molecular complexity index is 390. The summed E-state index contributed by atoms with van der Waals surface area (Å²) in [5.41, 5.74) is 4.97. The van der Waals surface area contributed by atoms with Crippen molar-refractivity contribution < 1.29 is 14.0 Å². The zero-order valence-electron chi connectivity index (χ0n) is 8.65. The maximum absolute atomic E-state index is 13.1. The van der Waals surface area contributed by atoms with Gasteiger partial charge >= 0.3 is 12.1 Å². The van der Waals surface area contributed by atoms with Crippen LogP contribution in [0, 0.1) is 0 Å².